The van der Waals surface area contributed by atoms with Crippen LogP contribution < -0.4 is 10.6 Å². The van der Waals surface area contributed by atoms with E-state index in [4.69, 9.17) is 4.74 Å². The van der Waals surface area contributed by atoms with Crippen molar-refractivity contribution in [1.29, 1.82) is 0 Å². The molecule has 5 nitrogen and oxygen atoms in total. The zero-order valence-corrected chi connectivity index (χ0v) is 20.5. The Balaban J connectivity index is 4.09. The summed E-state index contributed by atoms with van der Waals surface area (Å²) in [5, 5.41) is 6.05. The van der Waals surface area contributed by atoms with Gasteiger partial charge in [0.15, 0.2) is 0 Å². The van der Waals surface area contributed by atoms with Crippen molar-refractivity contribution in [2.45, 2.75) is 112 Å². The monoisotopic (exact) mass is 412 g/mol. The average Bonchev–Trinajstić information content (AvgIpc) is 2.58. The normalized spacial score (nSPS) is 12.7. The number of unbranched alkanes of at least 4 members (excludes halogenated alkanes) is 3. The lowest BCUT2D eigenvalue weighted by Crippen LogP contribution is -2.39. The summed E-state index contributed by atoms with van der Waals surface area (Å²) in [4.78, 5) is 24.4. The van der Waals surface area contributed by atoms with Gasteiger partial charge in [-0.1, -0.05) is 60.8 Å². The number of carbonyl (C=O) groups excluding carboxylic acids is 2. The molecule has 0 fully saturated rings. The van der Waals surface area contributed by atoms with Crippen LogP contribution in [-0.4, -0.2) is 37.1 Å². The highest BCUT2D eigenvalue weighted by Crippen LogP contribution is 2.23. The van der Waals surface area contributed by atoms with Gasteiger partial charge in [-0.15, -0.1) is 0 Å². The predicted octanol–water partition coefficient (Wildman–Crippen LogP) is 5.23. The van der Waals surface area contributed by atoms with E-state index in [1.165, 1.54) is 19.3 Å². The molecule has 0 atom stereocenters. The SMILES string of the molecule is CCCCCCNC(=O)C(C)(C)CCOC(C)(C)CCNC(=O)CCC(C)(C)C. The smallest absolute Gasteiger partial charge is 0.225 e. The zero-order chi connectivity index (χ0) is 22.6. The molecule has 0 rings (SSSR count). The molecule has 29 heavy (non-hydrogen) atoms. The lowest BCUT2D eigenvalue weighted by molar-refractivity contribution is -0.131. The largest absolute Gasteiger partial charge is 0.375 e. The Hall–Kier alpha value is -1.10. The average molecular weight is 413 g/mol. The third kappa shape index (κ3) is 15.4. The van der Waals surface area contributed by atoms with Gasteiger partial charge in [0.25, 0.3) is 0 Å². The standard InChI is InChI=1S/C24H48N2O3/c1-9-10-11-12-17-26-21(28)23(5,6)16-19-29-24(7,8)15-18-25-20(27)13-14-22(2,3)4/h9-19H2,1-8H3,(H,25,27)(H,26,28). The minimum atomic E-state index is -0.442. The lowest BCUT2D eigenvalue weighted by Gasteiger charge is -2.29. The summed E-state index contributed by atoms with van der Waals surface area (Å²) in [6.07, 6.45) is 7.50. The van der Waals surface area contributed by atoms with E-state index < -0.39 is 5.41 Å². The summed E-state index contributed by atoms with van der Waals surface area (Å²) in [6, 6.07) is 0. The van der Waals surface area contributed by atoms with Gasteiger partial charge >= 0.3 is 0 Å². The number of carbonyl (C=O) groups is 2. The van der Waals surface area contributed by atoms with Crippen LogP contribution in [0.3, 0.4) is 0 Å². The molecule has 0 spiro atoms. The molecule has 0 saturated heterocycles. The number of hydrogen-bond donors (Lipinski definition) is 2. The summed E-state index contributed by atoms with van der Waals surface area (Å²) in [5.74, 6) is 0.203. The van der Waals surface area contributed by atoms with Crippen molar-refractivity contribution in [2.24, 2.45) is 10.8 Å². The van der Waals surface area contributed by atoms with E-state index in [1.807, 2.05) is 27.7 Å². The third-order valence-corrected chi connectivity index (χ3v) is 5.30. The number of hydrogen-bond acceptors (Lipinski definition) is 3. The molecular formula is C24H48N2O3. The second kappa shape index (κ2) is 13.3. The Morgan fingerprint density at radius 3 is 2.03 bits per heavy atom. The van der Waals surface area contributed by atoms with Crippen LogP contribution in [0.1, 0.15) is 107 Å². The Morgan fingerprint density at radius 2 is 1.45 bits per heavy atom. The van der Waals surface area contributed by atoms with E-state index in [0.717, 1.165) is 25.8 Å². The van der Waals surface area contributed by atoms with Gasteiger partial charge in [0, 0.05) is 31.5 Å². The second-order valence-electron chi connectivity index (χ2n) is 10.7. The van der Waals surface area contributed by atoms with E-state index in [-0.39, 0.29) is 22.8 Å². The molecule has 0 aliphatic rings. The van der Waals surface area contributed by atoms with E-state index in [2.05, 4.69) is 38.3 Å². The van der Waals surface area contributed by atoms with Gasteiger partial charge in [-0.25, -0.2) is 0 Å². The lowest BCUT2D eigenvalue weighted by atomic mass is 9.88. The molecule has 0 bridgehead atoms. The van der Waals surface area contributed by atoms with Crippen molar-refractivity contribution in [1.82, 2.24) is 10.6 Å². The maximum Gasteiger partial charge on any atom is 0.225 e. The molecular weight excluding hydrogens is 364 g/mol. The molecule has 0 radical (unpaired) electrons. The number of amides is 2. The first-order valence-corrected chi connectivity index (χ1v) is 11.5. The minimum Gasteiger partial charge on any atom is -0.375 e. The first-order valence-electron chi connectivity index (χ1n) is 11.5. The Bertz CT molecular complexity index is 479. The van der Waals surface area contributed by atoms with Crippen LogP contribution in [0.4, 0.5) is 0 Å². The van der Waals surface area contributed by atoms with Gasteiger partial charge in [-0.3, -0.25) is 9.59 Å². The molecule has 0 unspecified atom stereocenters. The van der Waals surface area contributed by atoms with Crippen LogP contribution >= 0.6 is 0 Å². The van der Waals surface area contributed by atoms with Crippen LogP contribution in [0, 0.1) is 10.8 Å². The second-order valence-corrected chi connectivity index (χ2v) is 10.7. The van der Waals surface area contributed by atoms with Crippen molar-refractivity contribution < 1.29 is 14.3 Å². The molecule has 0 heterocycles. The van der Waals surface area contributed by atoms with Crippen LogP contribution in [0.15, 0.2) is 0 Å². The molecule has 2 amide bonds. The van der Waals surface area contributed by atoms with Crippen molar-refractivity contribution in [3.8, 4) is 0 Å². The highest BCUT2D eigenvalue weighted by Gasteiger charge is 2.28. The van der Waals surface area contributed by atoms with Crippen molar-refractivity contribution in [3.63, 3.8) is 0 Å². The van der Waals surface area contributed by atoms with Crippen molar-refractivity contribution in [3.05, 3.63) is 0 Å². The maximum atomic E-state index is 12.4. The van der Waals surface area contributed by atoms with Crippen LogP contribution in [-0.2, 0) is 14.3 Å². The highest BCUT2D eigenvalue weighted by atomic mass is 16.5. The predicted molar refractivity (Wildman–Crippen MR) is 122 cm³/mol. The van der Waals surface area contributed by atoms with E-state index >= 15 is 0 Å². The van der Waals surface area contributed by atoms with Crippen LogP contribution in [0.25, 0.3) is 0 Å². The molecule has 5 heteroatoms. The highest BCUT2D eigenvalue weighted by molar-refractivity contribution is 5.81. The summed E-state index contributed by atoms with van der Waals surface area (Å²) in [6.45, 7) is 18.5. The topological polar surface area (TPSA) is 67.4 Å². The van der Waals surface area contributed by atoms with Crippen molar-refractivity contribution >= 4 is 11.8 Å². The van der Waals surface area contributed by atoms with Gasteiger partial charge in [0.1, 0.15) is 0 Å². The van der Waals surface area contributed by atoms with E-state index in [1.54, 1.807) is 0 Å². The molecule has 0 saturated carbocycles. The molecule has 0 aliphatic carbocycles. The minimum absolute atomic E-state index is 0.0986. The van der Waals surface area contributed by atoms with Gasteiger partial charge < -0.3 is 15.4 Å². The van der Waals surface area contributed by atoms with Crippen LogP contribution in [0.5, 0.6) is 0 Å². The number of rotatable bonds is 15. The molecule has 0 aromatic carbocycles. The summed E-state index contributed by atoms with van der Waals surface area (Å²) < 4.78 is 6.04. The Morgan fingerprint density at radius 1 is 0.793 bits per heavy atom. The molecule has 0 aromatic heterocycles. The Labute approximate surface area is 180 Å². The maximum absolute atomic E-state index is 12.4. The van der Waals surface area contributed by atoms with Gasteiger partial charge in [-0.2, -0.15) is 0 Å². The molecule has 172 valence electrons. The van der Waals surface area contributed by atoms with Gasteiger partial charge in [-0.05, 0) is 44.9 Å². The molecule has 0 aliphatic heterocycles. The van der Waals surface area contributed by atoms with Gasteiger partial charge in [0.2, 0.25) is 11.8 Å². The molecule has 0 aromatic rings. The van der Waals surface area contributed by atoms with Crippen molar-refractivity contribution in [2.75, 3.05) is 19.7 Å². The number of ether oxygens (including phenoxy) is 1. The fraction of sp³-hybridized carbons (Fsp3) is 0.917. The summed E-state index contributed by atoms with van der Waals surface area (Å²) >= 11 is 0. The fourth-order valence-corrected chi connectivity index (χ4v) is 2.84. The van der Waals surface area contributed by atoms with Gasteiger partial charge in [0.05, 0.1) is 5.60 Å². The first kappa shape index (κ1) is 27.9. The first-order chi connectivity index (χ1) is 13.3. The summed E-state index contributed by atoms with van der Waals surface area (Å²) in [7, 11) is 0. The van der Waals surface area contributed by atoms with Crippen LogP contribution in [0.2, 0.25) is 0 Å². The third-order valence-electron chi connectivity index (χ3n) is 5.30. The fourth-order valence-electron chi connectivity index (χ4n) is 2.84. The Kier molecular flexibility index (Phi) is 12.7. The summed E-state index contributed by atoms with van der Waals surface area (Å²) in [5.41, 5.74) is -0.597. The number of nitrogens with one attached hydrogen (secondary N) is 2. The quantitative estimate of drug-likeness (QED) is 0.362. The zero-order valence-electron chi connectivity index (χ0n) is 20.5. The van der Waals surface area contributed by atoms with E-state index in [9.17, 15) is 9.59 Å². The molecule has 2 N–H and O–H groups in total. The van der Waals surface area contributed by atoms with E-state index in [0.29, 0.717) is 26.0 Å².